The molecule has 1 atom stereocenters. The summed E-state index contributed by atoms with van der Waals surface area (Å²) in [7, 11) is 1.28. The molecule has 0 aliphatic heterocycles. The van der Waals surface area contributed by atoms with Crippen LogP contribution in [0.2, 0.25) is 0 Å². The Balaban J connectivity index is 2.74. The molecule has 94 valence electrons. The second kappa shape index (κ2) is 6.18. The molecule has 0 bridgehead atoms. The van der Waals surface area contributed by atoms with Gasteiger partial charge in [0, 0.05) is 0 Å². The lowest BCUT2D eigenvalue weighted by molar-refractivity contribution is -0.141. The van der Waals surface area contributed by atoms with Crippen LogP contribution in [0, 0.1) is 0 Å². The molecular weight excluding hydrogens is 246 g/mol. The molecule has 8 nitrogen and oxygen atoms in total. The summed E-state index contributed by atoms with van der Waals surface area (Å²) in [5.41, 5.74) is 5.21. The van der Waals surface area contributed by atoms with Gasteiger partial charge in [0.05, 0.1) is 12.4 Å². The van der Waals surface area contributed by atoms with E-state index in [1.807, 2.05) is 6.92 Å². The average molecular weight is 259 g/mol. The summed E-state index contributed by atoms with van der Waals surface area (Å²) in [6.45, 7) is 1.73. The van der Waals surface area contributed by atoms with E-state index < -0.39 is 17.1 Å². The lowest BCUT2D eigenvalue weighted by Gasteiger charge is -2.09. The van der Waals surface area contributed by atoms with Crippen molar-refractivity contribution in [3.63, 3.8) is 0 Å². The molecule has 1 amide bonds. The van der Waals surface area contributed by atoms with Crippen molar-refractivity contribution in [1.29, 1.82) is 0 Å². The van der Waals surface area contributed by atoms with Gasteiger partial charge in [-0.15, -0.1) is 5.10 Å². The number of nitrogens with zero attached hydrogens (tertiary/aromatic N) is 4. The molecule has 0 spiro atoms. The zero-order chi connectivity index (χ0) is 12.8. The van der Waals surface area contributed by atoms with Crippen molar-refractivity contribution >= 4 is 23.6 Å². The fourth-order valence-corrected chi connectivity index (χ4v) is 1.88. The van der Waals surface area contributed by atoms with Crippen molar-refractivity contribution in [2.24, 2.45) is 5.73 Å². The minimum absolute atomic E-state index is 0.0962. The molecule has 1 unspecified atom stereocenters. The highest BCUT2D eigenvalue weighted by Crippen LogP contribution is 2.22. The van der Waals surface area contributed by atoms with Crippen LogP contribution in [0.1, 0.15) is 13.3 Å². The third kappa shape index (κ3) is 3.70. The van der Waals surface area contributed by atoms with Gasteiger partial charge in [-0.1, -0.05) is 18.7 Å². The molecule has 0 saturated carbocycles. The molecule has 1 aromatic heterocycles. The number of rotatable bonds is 6. The number of methoxy groups -OCH3 is 1. The van der Waals surface area contributed by atoms with Gasteiger partial charge in [-0.3, -0.25) is 9.59 Å². The Labute approximate surface area is 102 Å². The molecule has 0 aromatic carbocycles. The summed E-state index contributed by atoms with van der Waals surface area (Å²) in [5.74, 6) is -0.906. The van der Waals surface area contributed by atoms with Crippen molar-refractivity contribution < 1.29 is 14.3 Å². The van der Waals surface area contributed by atoms with Gasteiger partial charge in [-0.25, -0.2) is 4.68 Å². The number of thioether (sulfide) groups is 1. The van der Waals surface area contributed by atoms with Crippen LogP contribution in [0.4, 0.5) is 0 Å². The van der Waals surface area contributed by atoms with Crippen molar-refractivity contribution in [2.45, 2.75) is 30.3 Å². The standard InChI is InChI=1S/C8H13N5O3S/c1-3-5(7(9)15)17-8-10-11-12-13(8)4-6(14)16-2/h5H,3-4H2,1-2H3,(H2,9,15). The molecule has 1 aromatic rings. The Kier molecular flexibility index (Phi) is 4.88. The van der Waals surface area contributed by atoms with E-state index in [4.69, 9.17) is 5.73 Å². The van der Waals surface area contributed by atoms with E-state index in [0.717, 1.165) is 11.8 Å². The van der Waals surface area contributed by atoms with Crippen LogP contribution >= 0.6 is 11.8 Å². The Morgan fingerprint density at radius 1 is 1.59 bits per heavy atom. The summed E-state index contributed by atoms with van der Waals surface area (Å²) in [4.78, 5) is 22.2. The monoisotopic (exact) mass is 259 g/mol. The summed E-state index contributed by atoms with van der Waals surface area (Å²) in [5, 5.41) is 10.7. The summed E-state index contributed by atoms with van der Waals surface area (Å²) in [6, 6.07) is 0. The first-order chi connectivity index (χ1) is 8.08. The van der Waals surface area contributed by atoms with Crippen LogP contribution < -0.4 is 5.73 Å². The Hall–Kier alpha value is -1.64. The average Bonchev–Trinajstić information content (AvgIpc) is 2.72. The predicted molar refractivity (Wildman–Crippen MR) is 59.0 cm³/mol. The second-order valence-corrected chi connectivity index (χ2v) is 4.28. The molecule has 1 rings (SSSR count). The minimum atomic E-state index is -0.466. The van der Waals surface area contributed by atoms with Crippen LogP contribution in [0.5, 0.6) is 0 Å². The SMILES string of the molecule is CCC(Sc1nnnn1CC(=O)OC)C(N)=O. The Bertz CT molecular complexity index is 408. The van der Waals surface area contributed by atoms with Gasteiger partial charge in [0.25, 0.3) is 0 Å². The van der Waals surface area contributed by atoms with Crippen LogP contribution in [-0.2, 0) is 20.9 Å². The van der Waals surface area contributed by atoms with Gasteiger partial charge in [0.2, 0.25) is 11.1 Å². The lowest BCUT2D eigenvalue weighted by atomic mass is 10.3. The maximum atomic E-state index is 11.1. The van der Waals surface area contributed by atoms with Gasteiger partial charge < -0.3 is 10.5 Å². The molecule has 0 radical (unpaired) electrons. The van der Waals surface area contributed by atoms with Gasteiger partial charge in [0.1, 0.15) is 6.54 Å². The van der Waals surface area contributed by atoms with E-state index in [1.165, 1.54) is 11.8 Å². The van der Waals surface area contributed by atoms with E-state index in [2.05, 4.69) is 20.3 Å². The number of hydrogen-bond donors (Lipinski definition) is 1. The van der Waals surface area contributed by atoms with E-state index in [0.29, 0.717) is 11.6 Å². The van der Waals surface area contributed by atoms with Crippen LogP contribution in [0.3, 0.4) is 0 Å². The topological polar surface area (TPSA) is 113 Å². The second-order valence-electron chi connectivity index (χ2n) is 3.11. The van der Waals surface area contributed by atoms with Crippen molar-refractivity contribution in [1.82, 2.24) is 20.2 Å². The molecular formula is C8H13N5O3S. The maximum Gasteiger partial charge on any atom is 0.327 e. The van der Waals surface area contributed by atoms with E-state index >= 15 is 0 Å². The molecule has 2 N–H and O–H groups in total. The third-order valence-electron chi connectivity index (χ3n) is 1.94. The molecule has 0 aliphatic rings. The van der Waals surface area contributed by atoms with Gasteiger partial charge >= 0.3 is 5.97 Å². The number of esters is 1. The van der Waals surface area contributed by atoms with Gasteiger partial charge in [0.15, 0.2) is 0 Å². The van der Waals surface area contributed by atoms with Crippen molar-refractivity contribution in [3.8, 4) is 0 Å². The van der Waals surface area contributed by atoms with E-state index in [1.54, 1.807) is 0 Å². The molecule has 1 heterocycles. The maximum absolute atomic E-state index is 11.1. The molecule has 0 saturated heterocycles. The highest BCUT2D eigenvalue weighted by molar-refractivity contribution is 8.00. The summed E-state index contributed by atoms with van der Waals surface area (Å²) >= 11 is 1.13. The van der Waals surface area contributed by atoms with Crippen molar-refractivity contribution in [2.75, 3.05) is 7.11 Å². The van der Waals surface area contributed by atoms with Gasteiger partial charge in [-0.2, -0.15) is 0 Å². The Morgan fingerprint density at radius 2 is 2.29 bits per heavy atom. The summed E-state index contributed by atoms with van der Waals surface area (Å²) < 4.78 is 5.77. The fourth-order valence-electron chi connectivity index (χ4n) is 1.04. The first kappa shape index (κ1) is 13.4. The molecule has 0 fully saturated rings. The number of amides is 1. The van der Waals surface area contributed by atoms with Crippen LogP contribution in [0.15, 0.2) is 5.16 Å². The van der Waals surface area contributed by atoms with E-state index in [9.17, 15) is 9.59 Å². The quantitative estimate of drug-likeness (QED) is 0.525. The highest BCUT2D eigenvalue weighted by Gasteiger charge is 2.19. The lowest BCUT2D eigenvalue weighted by Crippen LogP contribution is -2.25. The van der Waals surface area contributed by atoms with Crippen molar-refractivity contribution in [3.05, 3.63) is 0 Å². The third-order valence-corrected chi connectivity index (χ3v) is 3.29. The minimum Gasteiger partial charge on any atom is -0.468 e. The summed E-state index contributed by atoms with van der Waals surface area (Å²) in [6.07, 6.45) is 0.561. The number of primary amides is 1. The number of nitrogens with two attached hydrogens (primary N) is 1. The fraction of sp³-hybridized carbons (Fsp3) is 0.625. The number of ether oxygens (including phenoxy) is 1. The van der Waals surface area contributed by atoms with E-state index in [-0.39, 0.29) is 6.54 Å². The van der Waals surface area contributed by atoms with Crippen LogP contribution in [-0.4, -0.2) is 44.4 Å². The normalized spacial score (nSPS) is 12.1. The Morgan fingerprint density at radius 3 is 2.82 bits per heavy atom. The molecule has 0 aliphatic carbocycles. The number of carbonyl (C=O) groups is 2. The largest absolute Gasteiger partial charge is 0.468 e. The number of tetrazole rings is 1. The smallest absolute Gasteiger partial charge is 0.327 e. The first-order valence-electron chi connectivity index (χ1n) is 4.87. The highest BCUT2D eigenvalue weighted by atomic mass is 32.2. The zero-order valence-corrected chi connectivity index (χ0v) is 10.3. The zero-order valence-electron chi connectivity index (χ0n) is 9.49. The molecule has 17 heavy (non-hydrogen) atoms. The number of carbonyl (C=O) groups excluding carboxylic acids is 2. The number of aromatic nitrogens is 4. The predicted octanol–water partition coefficient (Wildman–Crippen LogP) is -0.798. The first-order valence-corrected chi connectivity index (χ1v) is 5.75. The molecule has 9 heteroatoms. The van der Waals surface area contributed by atoms with Gasteiger partial charge in [-0.05, 0) is 16.8 Å². The number of hydrogen-bond acceptors (Lipinski definition) is 7. The van der Waals surface area contributed by atoms with Crippen LogP contribution in [0.25, 0.3) is 0 Å².